The molecule has 2 aromatic carbocycles. The maximum Gasteiger partial charge on any atom is 0.336 e. The van der Waals surface area contributed by atoms with Crippen LogP contribution in [0.4, 0.5) is 8.78 Å². The summed E-state index contributed by atoms with van der Waals surface area (Å²) in [6.07, 6.45) is 0.563. The first-order chi connectivity index (χ1) is 15.3. The van der Waals surface area contributed by atoms with Crippen molar-refractivity contribution in [2.45, 2.75) is 13.0 Å². The summed E-state index contributed by atoms with van der Waals surface area (Å²) in [5.74, 6) is -2.29. The molecule has 0 atom stereocenters. The highest BCUT2D eigenvalue weighted by Gasteiger charge is 2.18. The summed E-state index contributed by atoms with van der Waals surface area (Å²) >= 11 is 6.93. The minimum Gasteiger partial charge on any atom is -0.354 e. The van der Waals surface area contributed by atoms with Crippen molar-refractivity contribution in [2.75, 3.05) is 6.54 Å². The van der Waals surface area contributed by atoms with Gasteiger partial charge in [-0.25, -0.2) is 18.1 Å². The second-order valence-electron chi connectivity index (χ2n) is 7.00. The van der Waals surface area contributed by atoms with Gasteiger partial charge in [-0.2, -0.15) is 0 Å². The van der Waals surface area contributed by atoms with Crippen molar-refractivity contribution >= 4 is 39.1 Å². The van der Waals surface area contributed by atoms with E-state index in [1.807, 2.05) is 12.1 Å². The molecule has 4 rings (SSSR count). The first-order valence-corrected chi connectivity index (χ1v) is 10.8. The largest absolute Gasteiger partial charge is 0.354 e. The third kappa shape index (κ3) is 4.49. The fourth-order valence-corrected chi connectivity index (χ4v) is 4.28. The number of nitrogens with zero attached hydrogens (tertiary/aromatic N) is 2. The summed E-state index contributed by atoms with van der Waals surface area (Å²) in [7, 11) is 0. The number of rotatable bonds is 6. The smallest absolute Gasteiger partial charge is 0.336 e. The number of carbonyl (C=O) groups is 1. The van der Waals surface area contributed by atoms with E-state index in [0.717, 1.165) is 33.6 Å². The van der Waals surface area contributed by atoms with E-state index in [4.69, 9.17) is 11.6 Å². The molecular weight excluding hydrogens is 460 g/mol. The first-order valence-electron chi connectivity index (χ1n) is 9.54. The topological polar surface area (TPSA) is 73.1 Å². The molecule has 0 aliphatic heterocycles. The maximum absolute atomic E-state index is 13.7. The molecule has 10 heteroatoms. The molecule has 2 aromatic heterocycles. The minimum absolute atomic E-state index is 0.197. The Bertz CT molecular complexity index is 1410. The molecule has 0 radical (unpaired) electrons. The Balaban J connectivity index is 1.63. The van der Waals surface area contributed by atoms with Crippen molar-refractivity contribution < 1.29 is 13.6 Å². The molecule has 1 amide bonds. The van der Waals surface area contributed by atoms with Gasteiger partial charge in [0.25, 0.3) is 5.56 Å². The molecule has 0 fully saturated rings. The van der Waals surface area contributed by atoms with E-state index in [9.17, 15) is 23.2 Å². The molecule has 32 heavy (non-hydrogen) atoms. The van der Waals surface area contributed by atoms with Crippen LogP contribution in [0.15, 0.2) is 63.5 Å². The lowest BCUT2D eigenvalue weighted by atomic mass is 10.1. The molecule has 0 aliphatic rings. The van der Waals surface area contributed by atoms with Crippen LogP contribution in [0.3, 0.4) is 0 Å². The number of aromatic nitrogens is 2. The highest BCUT2D eigenvalue weighted by Crippen LogP contribution is 2.17. The van der Waals surface area contributed by atoms with E-state index in [1.54, 1.807) is 23.6 Å². The Kier molecular flexibility index (Phi) is 6.20. The molecule has 0 spiro atoms. The number of nitrogens with one attached hydrogen (secondary N) is 1. The Hall–Kier alpha value is -3.30. The Morgan fingerprint density at radius 3 is 2.41 bits per heavy atom. The zero-order chi connectivity index (χ0) is 22.8. The number of hydrogen-bond acceptors (Lipinski definition) is 4. The Labute approximate surface area is 189 Å². The van der Waals surface area contributed by atoms with Gasteiger partial charge in [-0.05, 0) is 47.7 Å². The zero-order valence-corrected chi connectivity index (χ0v) is 18.1. The van der Waals surface area contributed by atoms with Gasteiger partial charge in [0, 0.05) is 17.6 Å². The van der Waals surface area contributed by atoms with E-state index < -0.39 is 28.8 Å². The van der Waals surface area contributed by atoms with Crippen molar-refractivity contribution in [1.82, 2.24) is 14.5 Å². The number of carbonyl (C=O) groups excluding carboxylic acids is 1. The van der Waals surface area contributed by atoms with Crippen LogP contribution in [-0.4, -0.2) is 21.6 Å². The molecule has 0 bridgehead atoms. The lowest BCUT2D eigenvalue weighted by Crippen LogP contribution is -2.41. The quantitative estimate of drug-likeness (QED) is 0.464. The van der Waals surface area contributed by atoms with Crippen LogP contribution in [0, 0.1) is 11.6 Å². The molecule has 0 unspecified atom stereocenters. The van der Waals surface area contributed by atoms with Gasteiger partial charge in [0.15, 0.2) is 0 Å². The third-order valence-electron chi connectivity index (χ3n) is 4.81. The van der Waals surface area contributed by atoms with Gasteiger partial charge in [-0.1, -0.05) is 23.7 Å². The molecule has 4 aromatic rings. The van der Waals surface area contributed by atoms with Crippen LogP contribution < -0.4 is 16.6 Å². The Morgan fingerprint density at radius 2 is 1.72 bits per heavy atom. The van der Waals surface area contributed by atoms with E-state index in [1.165, 1.54) is 0 Å². The summed E-state index contributed by atoms with van der Waals surface area (Å²) in [5.41, 5.74) is -0.549. The fourth-order valence-electron chi connectivity index (χ4n) is 3.33. The summed E-state index contributed by atoms with van der Waals surface area (Å²) in [6.45, 7) is -0.0263. The highest BCUT2D eigenvalue weighted by molar-refractivity contribution is 7.17. The van der Waals surface area contributed by atoms with Crippen LogP contribution >= 0.6 is 22.9 Å². The van der Waals surface area contributed by atoms with Gasteiger partial charge >= 0.3 is 5.69 Å². The average molecular weight is 476 g/mol. The number of amides is 1. The number of thiophene rings is 1. The normalized spacial score (nSPS) is 11.1. The van der Waals surface area contributed by atoms with E-state index in [0.29, 0.717) is 28.6 Å². The average Bonchev–Trinajstić information content (AvgIpc) is 3.22. The monoisotopic (exact) mass is 475 g/mol. The van der Waals surface area contributed by atoms with Crippen LogP contribution in [0.1, 0.15) is 5.56 Å². The molecule has 0 saturated carbocycles. The molecular formula is C22H16ClF2N3O3S. The predicted molar refractivity (Wildman–Crippen MR) is 120 cm³/mol. The fraction of sp³-hybridized carbons (Fsp3) is 0.136. The van der Waals surface area contributed by atoms with Crippen LogP contribution in [0.2, 0.25) is 5.02 Å². The highest BCUT2D eigenvalue weighted by atomic mass is 35.5. The second kappa shape index (κ2) is 9.05. The molecule has 1 N–H and O–H groups in total. The molecule has 0 aliphatic carbocycles. The predicted octanol–water partition coefficient (Wildman–Crippen LogP) is 3.50. The molecule has 164 valence electrons. The number of benzene rings is 2. The SMILES string of the molecule is O=C(Cn1c(=O)n(-c2cc(F)cc(F)c2)c(=O)c2sccc21)NCCc1ccc(Cl)cc1. The summed E-state index contributed by atoms with van der Waals surface area (Å²) in [4.78, 5) is 38.4. The van der Waals surface area contributed by atoms with Gasteiger partial charge in [0.1, 0.15) is 22.9 Å². The van der Waals surface area contributed by atoms with Gasteiger partial charge in [0.05, 0.1) is 11.2 Å². The summed E-state index contributed by atoms with van der Waals surface area (Å²) in [6, 6.07) is 11.2. The van der Waals surface area contributed by atoms with Gasteiger partial charge < -0.3 is 5.32 Å². The van der Waals surface area contributed by atoms with E-state index in [2.05, 4.69) is 5.32 Å². The first kappa shape index (κ1) is 21.9. The summed E-state index contributed by atoms with van der Waals surface area (Å²) in [5, 5.41) is 4.96. The molecule has 6 nitrogen and oxygen atoms in total. The third-order valence-corrected chi connectivity index (χ3v) is 5.95. The second-order valence-corrected chi connectivity index (χ2v) is 8.35. The minimum atomic E-state index is -0.927. The lowest BCUT2D eigenvalue weighted by molar-refractivity contribution is -0.121. The van der Waals surface area contributed by atoms with Crippen molar-refractivity contribution in [3.63, 3.8) is 0 Å². The van der Waals surface area contributed by atoms with Gasteiger partial charge in [-0.15, -0.1) is 11.3 Å². The van der Waals surface area contributed by atoms with Gasteiger partial charge in [0.2, 0.25) is 5.91 Å². The lowest BCUT2D eigenvalue weighted by Gasteiger charge is -2.13. The number of fused-ring (bicyclic) bond motifs is 1. The zero-order valence-electron chi connectivity index (χ0n) is 16.5. The van der Waals surface area contributed by atoms with E-state index in [-0.39, 0.29) is 22.4 Å². The molecule has 0 saturated heterocycles. The maximum atomic E-state index is 13.7. The van der Waals surface area contributed by atoms with E-state index >= 15 is 0 Å². The van der Waals surface area contributed by atoms with Gasteiger partial charge in [-0.3, -0.25) is 14.2 Å². The van der Waals surface area contributed by atoms with Crippen molar-refractivity contribution in [3.8, 4) is 5.69 Å². The van der Waals surface area contributed by atoms with Crippen LogP contribution in [-0.2, 0) is 17.8 Å². The van der Waals surface area contributed by atoms with Crippen LogP contribution in [0.5, 0.6) is 0 Å². The Morgan fingerprint density at radius 1 is 1.03 bits per heavy atom. The summed E-state index contributed by atoms with van der Waals surface area (Å²) < 4.78 is 29.4. The molecule has 2 heterocycles. The van der Waals surface area contributed by atoms with Crippen molar-refractivity contribution in [2.24, 2.45) is 0 Å². The van der Waals surface area contributed by atoms with Crippen molar-refractivity contribution in [1.29, 1.82) is 0 Å². The van der Waals surface area contributed by atoms with Crippen LogP contribution in [0.25, 0.3) is 15.9 Å². The number of halogens is 3. The standard InChI is InChI=1S/C22H16ClF2N3O3S/c23-14-3-1-13(2-4-14)5-7-26-19(29)12-27-18-6-8-32-20(18)21(30)28(22(27)31)17-10-15(24)9-16(25)11-17/h1-4,6,8-11H,5,7,12H2,(H,26,29). The number of hydrogen-bond donors (Lipinski definition) is 1. The van der Waals surface area contributed by atoms with Crippen molar-refractivity contribution in [3.05, 3.63) is 97.0 Å².